The summed E-state index contributed by atoms with van der Waals surface area (Å²) in [6.07, 6.45) is 4.00. The second-order valence-corrected chi connectivity index (χ2v) is 5.49. The van der Waals surface area contributed by atoms with Crippen molar-refractivity contribution in [1.82, 2.24) is 15.0 Å². The van der Waals surface area contributed by atoms with E-state index in [9.17, 15) is 4.79 Å². The molecule has 5 heteroatoms. The number of ether oxygens (including phenoxy) is 1. The molecule has 1 atom stereocenters. The molecule has 0 aliphatic rings. The van der Waals surface area contributed by atoms with Crippen LogP contribution in [-0.4, -0.2) is 27.7 Å². The highest BCUT2D eigenvalue weighted by molar-refractivity contribution is 5.85. The summed E-state index contributed by atoms with van der Waals surface area (Å²) in [5.74, 6) is 0.422. The zero-order chi connectivity index (χ0) is 15.2. The molecule has 0 saturated carbocycles. The molecule has 5 nitrogen and oxygen atoms in total. The van der Waals surface area contributed by atoms with E-state index < -0.39 is 6.09 Å². The van der Waals surface area contributed by atoms with Gasteiger partial charge in [-0.3, -0.25) is 0 Å². The quantitative estimate of drug-likeness (QED) is 0.808. The molecule has 0 spiro atoms. The summed E-state index contributed by atoms with van der Waals surface area (Å²) in [4.78, 5) is 12.1. The van der Waals surface area contributed by atoms with Gasteiger partial charge in [0.15, 0.2) is 0 Å². The lowest BCUT2D eigenvalue weighted by Crippen LogP contribution is -2.19. The lowest BCUT2D eigenvalue weighted by molar-refractivity contribution is 0.121. The van der Waals surface area contributed by atoms with Crippen LogP contribution < -0.4 is 0 Å². The van der Waals surface area contributed by atoms with E-state index in [1.54, 1.807) is 0 Å². The van der Waals surface area contributed by atoms with Gasteiger partial charge in [0, 0.05) is 0 Å². The number of carbonyl (C=O) groups is 1. The van der Waals surface area contributed by atoms with Crippen molar-refractivity contribution in [1.29, 1.82) is 0 Å². The molecule has 0 N–H and O–H groups in total. The number of carbonyl (C=O) groups excluding carboxylic acids is 1. The molecule has 0 aliphatic carbocycles. The van der Waals surface area contributed by atoms with E-state index in [4.69, 9.17) is 4.74 Å². The van der Waals surface area contributed by atoms with E-state index >= 15 is 0 Å². The van der Waals surface area contributed by atoms with Crippen LogP contribution in [0.4, 0.5) is 4.79 Å². The fourth-order valence-electron chi connectivity index (χ4n) is 2.32. The largest absolute Gasteiger partial charge is 0.448 e. The van der Waals surface area contributed by atoms with Crippen LogP contribution in [0.25, 0.3) is 11.0 Å². The van der Waals surface area contributed by atoms with Crippen molar-refractivity contribution in [2.75, 3.05) is 6.61 Å². The lowest BCUT2D eigenvalue weighted by atomic mass is 10.0. The first-order chi connectivity index (χ1) is 10.2. The van der Waals surface area contributed by atoms with Gasteiger partial charge in [-0.25, -0.2) is 4.79 Å². The van der Waals surface area contributed by atoms with E-state index in [2.05, 4.69) is 24.2 Å². The number of rotatable bonds is 6. The maximum Gasteiger partial charge on any atom is 0.436 e. The summed E-state index contributed by atoms with van der Waals surface area (Å²) in [6.45, 7) is 6.73. The van der Waals surface area contributed by atoms with Crippen molar-refractivity contribution in [3.63, 3.8) is 0 Å². The Morgan fingerprint density at radius 2 is 2.19 bits per heavy atom. The number of benzene rings is 1. The third kappa shape index (κ3) is 3.80. The monoisotopic (exact) mass is 289 g/mol. The Balaban J connectivity index is 2.02. The highest BCUT2D eigenvalue weighted by atomic mass is 16.6. The molecule has 114 valence electrons. The number of hydrogen-bond donors (Lipinski definition) is 0. The van der Waals surface area contributed by atoms with Gasteiger partial charge in [-0.1, -0.05) is 44.4 Å². The summed E-state index contributed by atoms with van der Waals surface area (Å²) < 4.78 is 6.63. The topological polar surface area (TPSA) is 57.0 Å². The molecule has 1 unspecified atom stereocenters. The first-order valence-corrected chi connectivity index (χ1v) is 7.64. The minimum atomic E-state index is -0.448. The summed E-state index contributed by atoms with van der Waals surface area (Å²) in [5.41, 5.74) is 2.49. The Bertz CT molecular complexity index is 607. The molecule has 21 heavy (non-hydrogen) atoms. The number of hydrogen-bond acceptors (Lipinski definition) is 4. The highest BCUT2D eigenvalue weighted by Crippen LogP contribution is 2.15. The summed E-state index contributed by atoms with van der Waals surface area (Å²) in [5, 5.41) is 7.90. The molecule has 0 saturated heterocycles. The standard InChI is InChI=1S/C16H23N3O2/c1-4-6-7-13(5-2)11-21-16(20)19-15-9-8-12(3)10-14(15)17-18-19/h8-10,13H,4-7,11H2,1-3H3. The number of fused-ring (bicyclic) bond motifs is 1. The maximum absolute atomic E-state index is 12.1. The first-order valence-electron chi connectivity index (χ1n) is 7.64. The van der Waals surface area contributed by atoms with Gasteiger partial charge < -0.3 is 4.74 Å². The van der Waals surface area contributed by atoms with Gasteiger partial charge in [0.25, 0.3) is 0 Å². The van der Waals surface area contributed by atoms with Crippen LogP contribution >= 0.6 is 0 Å². The Kier molecular flexibility index (Phi) is 5.31. The predicted molar refractivity (Wildman–Crippen MR) is 82.3 cm³/mol. The van der Waals surface area contributed by atoms with Crippen molar-refractivity contribution >= 4 is 17.1 Å². The van der Waals surface area contributed by atoms with E-state index in [0.717, 1.165) is 24.8 Å². The van der Waals surface area contributed by atoms with Crippen molar-refractivity contribution in [2.24, 2.45) is 5.92 Å². The minimum absolute atomic E-state index is 0.422. The van der Waals surface area contributed by atoms with Crippen LogP contribution in [0.5, 0.6) is 0 Å². The summed E-state index contributed by atoms with van der Waals surface area (Å²) >= 11 is 0. The van der Waals surface area contributed by atoms with Crippen LogP contribution in [0.15, 0.2) is 18.2 Å². The van der Waals surface area contributed by atoms with Crippen LogP contribution in [0, 0.1) is 12.8 Å². The molecule has 0 radical (unpaired) electrons. The SMILES string of the molecule is CCCCC(CC)COC(=O)n1nnc2cc(C)ccc21. The normalized spacial score (nSPS) is 12.5. The molecule has 0 bridgehead atoms. The molecular weight excluding hydrogens is 266 g/mol. The predicted octanol–water partition coefficient (Wildman–Crippen LogP) is 3.94. The van der Waals surface area contributed by atoms with Gasteiger partial charge in [-0.2, -0.15) is 0 Å². The third-order valence-corrected chi connectivity index (χ3v) is 3.76. The van der Waals surface area contributed by atoms with Crippen LogP contribution in [0.3, 0.4) is 0 Å². The zero-order valence-corrected chi connectivity index (χ0v) is 13.0. The minimum Gasteiger partial charge on any atom is -0.448 e. The van der Waals surface area contributed by atoms with Gasteiger partial charge >= 0.3 is 6.09 Å². The third-order valence-electron chi connectivity index (χ3n) is 3.76. The van der Waals surface area contributed by atoms with Gasteiger partial charge in [0.1, 0.15) is 11.0 Å². The highest BCUT2D eigenvalue weighted by Gasteiger charge is 2.15. The smallest absolute Gasteiger partial charge is 0.436 e. The molecule has 1 aromatic heterocycles. The van der Waals surface area contributed by atoms with Crippen LogP contribution in [-0.2, 0) is 4.74 Å². The number of nitrogens with zero attached hydrogens (tertiary/aromatic N) is 3. The Morgan fingerprint density at radius 3 is 2.90 bits per heavy atom. The second kappa shape index (κ2) is 7.20. The van der Waals surface area contributed by atoms with E-state index in [1.807, 2.05) is 25.1 Å². The molecule has 0 aliphatic heterocycles. The van der Waals surface area contributed by atoms with Crippen molar-refractivity contribution in [2.45, 2.75) is 46.5 Å². The van der Waals surface area contributed by atoms with Gasteiger partial charge in [-0.05, 0) is 37.0 Å². The number of aromatic nitrogens is 3. The fourth-order valence-corrected chi connectivity index (χ4v) is 2.32. The number of unbranched alkanes of at least 4 members (excludes halogenated alkanes) is 1. The molecule has 2 rings (SSSR count). The number of aryl methyl sites for hydroxylation is 1. The summed E-state index contributed by atoms with van der Waals surface area (Å²) in [7, 11) is 0. The van der Waals surface area contributed by atoms with E-state index in [1.165, 1.54) is 11.1 Å². The van der Waals surface area contributed by atoms with E-state index in [0.29, 0.717) is 23.6 Å². The Hall–Kier alpha value is -1.91. The molecule has 0 amide bonds. The van der Waals surface area contributed by atoms with Crippen molar-refractivity contribution in [3.8, 4) is 0 Å². The fraction of sp³-hybridized carbons (Fsp3) is 0.562. The second-order valence-electron chi connectivity index (χ2n) is 5.49. The van der Waals surface area contributed by atoms with E-state index in [-0.39, 0.29) is 0 Å². The van der Waals surface area contributed by atoms with Crippen LogP contribution in [0.1, 0.15) is 45.1 Å². The van der Waals surface area contributed by atoms with Crippen molar-refractivity contribution in [3.05, 3.63) is 23.8 Å². The van der Waals surface area contributed by atoms with Gasteiger partial charge in [-0.15, -0.1) is 9.78 Å². The Morgan fingerprint density at radius 1 is 1.38 bits per heavy atom. The van der Waals surface area contributed by atoms with Crippen molar-refractivity contribution < 1.29 is 9.53 Å². The molecule has 2 aromatic rings. The zero-order valence-electron chi connectivity index (χ0n) is 13.0. The summed E-state index contributed by atoms with van der Waals surface area (Å²) in [6, 6.07) is 5.69. The first kappa shape index (κ1) is 15.5. The molecule has 1 heterocycles. The van der Waals surface area contributed by atoms with Gasteiger partial charge in [0.2, 0.25) is 0 Å². The molecular formula is C16H23N3O2. The van der Waals surface area contributed by atoms with Gasteiger partial charge in [0.05, 0.1) is 6.61 Å². The Labute approximate surface area is 125 Å². The average molecular weight is 289 g/mol. The lowest BCUT2D eigenvalue weighted by Gasteiger charge is -2.14. The molecule has 1 aromatic carbocycles. The maximum atomic E-state index is 12.1. The average Bonchev–Trinajstić information content (AvgIpc) is 2.90. The van der Waals surface area contributed by atoms with Crippen LogP contribution in [0.2, 0.25) is 0 Å². The molecule has 0 fully saturated rings.